The number of aromatic nitrogens is 2. The number of likely N-dealkylation sites (tertiary alicyclic amines) is 1. The number of halogens is 1. The Bertz CT molecular complexity index is 1950. The maximum Gasteiger partial charge on any atom is 0.223 e. The number of carbonyl (C=O) groups is 1. The number of ether oxygens (including phenoxy) is 3. The summed E-state index contributed by atoms with van der Waals surface area (Å²) in [6, 6.07) is 29.1. The van der Waals surface area contributed by atoms with E-state index in [2.05, 4.69) is 50.2 Å². The van der Waals surface area contributed by atoms with E-state index in [4.69, 9.17) is 19.2 Å². The summed E-state index contributed by atoms with van der Waals surface area (Å²) < 4.78 is 32.5. The number of rotatable bonds is 14. The zero-order valence-corrected chi connectivity index (χ0v) is 30.2. The van der Waals surface area contributed by atoms with Crippen LogP contribution in [-0.2, 0) is 24.3 Å². The maximum absolute atomic E-state index is 13.7. The Balaban J connectivity index is 1.01. The average Bonchev–Trinajstić information content (AvgIpc) is 3.67. The van der Waals surface area contributed by atoms with Gasteiger partial charge in [-0.25, -0.2) is 14.4 Å². The van der Waals surface area contributed by atoms with Crippen LogP contribution in [0.15, 0.2) is 91.0 Å². The van der Waals surface area contributed by atoms with Crippen molar-refractivity contribution < 1.29 is 23.4 Å². The molecule has 0 aliphatic carbocycles. The number of benzene rings is 4. The van der Waals surface area contributed by atoms with Crippen LogP contribution in [0.3, 0.4) is 0 Å². The van der Waals surface area contributed by atoms with Gasteiger partial charge in [0.05, 0.1) is 38.9 Å². The molecule has 4 aromatic carbocycles. The van der Waals surface area contributed by atoms with E-state index in [1.807, 2.05) is 53.4 Å². The van der Waals surface area contributed by atoms with Gasteiger partial charge in [-0.15, -0.1) is 0 Å². The number of para-hydroxylation sites is 2. The van der Waals surface area contributed by atoms with Crippen LogP contribution in [-0.4, -0.2) is 90.9 Å². The second-order valence-corrected chi connectivity index (χ2v) is 13.9. The summed E-state index contributed by atoms with van der Waals surface area (Å²) in [4.78, 5) is 23.1. The average molecular weight is 707 g/mol. The molecule has 1 unspecified atom stereocenters. The molecule has 52 heavy (non-hydrogen) atoms. The number of hydrogen-bond donors (Lipinski definition) is 1. The SMILES string of the molecule is COc1cc(CN2CC(CCN3CCN(Nc4nc5ccccc5n4Cc4ccc(F)cc4)CC3)(Cc3ccccc3)CC2=O)cc(OC)c1OC. The van der Waals surface area contributed by atoms with Crippen molar-refractivity contribution in [2.75, 3.05) is 66.0 Å². The fourth-order valence-corrected chi connectivity index (χ4v) is 7.69. The highest BCUT2D eigenvalue weighted by molar-refractivity contribution is 5.80. The van der Waals surface area contributed by atoms with Crippen molar-refractivity contribution >= 4 is 22.9 Å². The van der Waals surface area contributed by atoms with Crippen LogP contribution in [0, 0.1) is 11.2 Å². The van der Waals surface area contributed by atoms with Gasteiger partial charge in [-0.2, -0.15) is 0 Å². The van der Waals surface area contributed by atoms with Crippen LogP contribution in [0.1, 0.15) is 29.5 Å². The summed E-state index contributed by atoms with van der Waals surface area (Å²) >= 11 is 0. The van der Waals surface area contributed by atoms with Crippen LogP contribution < -0.4 is 19.6 Å². The Morgan fingerprint density at radius 1 is 0.788 bits per heavy atom. The van der Waals surface area contributed by atoms with Gasteiger partial charge in [0.15, 0.2) is 11.5 Å². The lowest BCUT2D eigenvalue weighted by Crippen LogP contribution is -2.49. The van der Waals surface area contributed by atoms with Gasteiger partial charge < -0.3 is 28.6 Å². The Morgan fingerprint density at radius 2 is 1.48 bits per heavy atom. The highest BCUT2D eigenvalue weighted by Crippen LogP contribution is 2.42. The number of nitrogens with zero attached hydrogens (tertiary/aromatic N) is 5. The maximum atomic E-state index is 13.7. The molecule has 0 bridgehead atoms. The number of methoxy groups -OCH3 is 3. The molecule has 10 nitrogen and oxygen atoms in total. The van der Waals surface area contributed by atoms with E-state index < -0.39 is 0 Å². The molecule has 0 radical (unpaired) electrons. The molecule has 7 rings (SSSR count). The number of nitrogens with one attached hydrogen (secondary N) is 1. The highest BCUT2D eigenvalue weighted by atomic mass is 19.1. The predicted octanol–water partition coefficient (Wildman–Crippen LogP) is 6.25. The number of anilines is 1. The summed E-state index contributed by atoms with van der Waals surface area (Å²) in [5.41, 5.74) is 8.56. The predicted molar refractivity (Wildman–Crippen MR) is 200 cm³/mol. The third-order valence-corrected chi connectivity index (χ3v) is 10.4. The first kappa shape index (κ1) is 35.3. The molecule has 1 N–H and O–H groups in total. The third kappa shape index (κ3) is 7.85. The van der Waals surface area contributed by atoms with Crippen molar-refractivity contribution in [3.05, 3.63) is 114 Å². The number of imidazole rings is 1. The van der Waals surface area contributed by atoms with Gasteiger partial charge in [-0.1, -0.05) is 54.6 Å². The number of fused-ring (bicyclic) bond motifs is 1. The van der Waals surface area contributed by atoms with Gasteiger partial charge >= 0.3 is 0 Å². The molecule has 1 atom stereocenters. The molecular weight excluding hydrogens is 659 g/mol. The van der Waals surface area contributed by atoms with Crippen molar-refractivity contribution in [1.29, 1.82) is 0 Å². The van der Waals surface area contributed by atoms with E-state index in [1.165, 1.54) is 17.7 Å². The number of hydrogen-bond acceptors (Lipinski definition) is 8. The summed E-state index contributed by atoms with van der Waals surface area (Å²) in [5, 5.41) is 2.23. The molecule has 3 heterocycles. The Hall–Kier alpha value is -5.13. The number of carbonyl (C=O) groups excluding carboxylic acids is 1. The normalized spacial score (nSPS) is 18.2. The lowest BCUT2D eigenvalue weighted by molar-refractivity contribution is -0.128. The fourth-order valence-electron chi connectivity index (χ4n) is 7.69. The minimum atomic E-state index is -0.242. The van der Waals surface area contributed by atoms with Gasteiger partial charge in [0.2, 0.25) is 17.6 Å². The molecule has 2 aliphatic rings. The monoisotopic (exact) mass is 706 g/mol. The molecular formula is C41H47FN6O4. The molecule has 0 saturated carbocycles. The fraction of sp³-hybridized carbons (Fsp3) is 0.366. The summed E-state index contributed by atoms with van der Waals surface area (Å²) in [6.45, 7) is 6.11. The quantitative estimate of drug-likeness (QED) is 0.145. The largest absolute Gasteiger partial charge is 0.493 e. The number of hydrazine groups is 1. The minimum absolute atomic E-state index is 0.169. The van der Waals surface area contributed by atoms with Gasteiger partial charge in [-0.05, 0) is 72.5 Å². The van der Waals surface area contributed by atoms with Gasteiger partial charge in [0.25, 0.3) is 0 Å². The first-order chi connectivity index (χ1) is 25.3. The van der Waals surface area contributed by atoms with E-state index in [1.54, 1.807) is 21.3 Å². The topological polar surface area (TPSA) is 84.3 Å². The minimum Gasteiger partial charge on any atom is -0.493 e. The lowest BCUT2D eigenvalue weighted by Gasteiger charge is -2.37. The summed E-state index contributed by atoms with van der Waals surface area (Å²) in [5.74, 6) is 2.41. The first-order valence-corrected chi connectivity index (χ1v) is 17.9. The van der Waals surface area contributed by atoms with E-state index in [9.17, 15) is 9.18 Å². The van der Waals surface area contributed by atoms with Crippen LogP contribution in [0.2, 0.25) is 0 Å². The Labute approximate surface area is 304 Å². The van der Waals surface area contributed by atoms with Crippen molar-refractivity contribution in [2.24, 2.45) is 5.41 Å². The second kappa shape index (κ2) is 15.6. The van der Waals surface area contributed by atoms with Crippen molar-refractivity contribution in [1.82, 2.24) is 24.4 Å². The standard InChI is InChI=1S/C41H47FN6O4/c1-50-36-23-32(24-37(51-2)39(36)52-3)27-46-29-41(26-38(46)49,25-30-9-5-4-6-10-30)17-18-45-19-21-47(22-20-45)44-40-43-34-11-7-8-12-35(34)48(40)28-31-13-15-33(42)16-14-31/h4-16,23-24H,17-22,25-29H2,1-3H3,(H,43,44). The zero-order chi connectivity index (χ0) is 36.1. The van der Waals surface area contributed by atoms with Crippen LogP contribution >= 0.6 is 0 Å². The van der Waals surface area contributed by atoms with E-state index in [0.29, 0.717) is 43.3 Å². The molecule has 1 amide bonds. The van der Waals surface area contributed by atoms with Crippen molar-refractivity contribution in [3.63, 3.8) is 0 Å². The zero-order valence-electron chi connectivity index (χ0n) is 30.2. The van der Waals surface area contributed by atoms with E-state index in [-0.39, 0.29) is 17.1 Å². The molecule has 0 spiro atoms. The molecule has 2 fully saturated rings. The van der Waals surface area contributed by atoms with Gasteiger partial charge in [-0.3, -0.25) is 10.2 Å². The van der Waals surface area contributed by atoms with Gasteiger partial charge in [0.1, 0.15) is 5.82 Å². The van der Waals surface area contributed by atoms with Crippen LogP contribution in [0.4, 0.5) is 10.3 Å². The van der Waals surface area contributed by atoms with Crippen LogP contribution in [0.25, 0.3) is 11.0 Å². The van der Waals surface area contributed by atoms with Crippen LogP contribution in [0.5, 0.6) is 17.2 Å². The second-order valence-electron chi connectivity index (χ2n) is 13.9. The third-order valence-electron chi connectivity index (χ3n) is 10.4. The number of amides is 1. The first-order valence-electron chi connectivity index (χ1n) is 17.9. The molecule has 5 aromatic rings. The smallest absolute Gasteiger partial charge is 0.223 e. The van der Waals surface area contributed by atoms with E-state index in [0.717, 1.165) is 73.7 Å². The highest BCUT2D eigenvalue weighted by Gasteiger charge is 2.43. The molecule has 272 valence electrons. The van der Waals surface area contributed by atoms with E-state index >= 15 is 0 Å². The molecule has 11 heteroatoms. The number of piperazine rings is 1. The molecule has 2 aliphatic heterocycles. The Morgan fingerprint density at radius 3 is 2.17 bits per heavy atom. The molecule has 1 aromatic heterocycles. The Kier molecular flexibility index (Phi) is 10.6. The van der Waals surface area contributed by atoms with Crippen molar-refractivity contribution in [2.45, 2.75) is 32.4 Å². The summed E-state index contributed by atoms with van der Waals surface area (Å²) in [6.07, 6.45) is 2.27. The van der Waals surface area contributed by atoms with Crippen molar-refractivity contribution in [3.8, 4) is 17.2 Å². The summed E-state index contributed by atoms with van der Waals surface area (Å²) in [7, 11) is 4.80. The van der Waals surface area contributed by atoms with Gasteiger partial charge in [0, 0.05) is 51.1 Å². The lowest BCUT2D eigenvalue weighted by atomic mass is 9.77. The molecule has 2 saturated heterocycles.